The lowest BCUT2D eigenvalue weighted by atomic mass is 10.2. The summed E-state index contributed by atoms with van der Waals surface area (Å²) in [5.74, 6) is 0.709. The van der Waals surface area contributed by atoms with E-state index in [1.165, 1.54) is 12.1 Å². The minimum atomic E-state index is -0.323. The van der Waals surface area contributed by atoms with Crippen molar-refractivity contribution in [3.05, 3.63) is 53.3 Å². The molecule has 0 saturated heterocycles. The molecule has 17 heavy (non-hydrogen) atoms. The van der Waals surface area contributed by atoms with Crippen LogP contribution in [0.25, 0.3) is 0 Å². The Kier molecular flexibility index (Phi) is 3.00. The number of ether oxygens (including phenoxy) is 1. The van der Waals surface area contributed by atoms with Crippen LogP contribution < -0.4 is 10.5 Å². The quantitative estimate of drug-likeness (QED) is 0.797. The monoisotopic (exact) mass is 231 g/mol. The number of hydrogen-bond donors (Lipinski definition) is 1. The molecule has 0 bridgehead atoms. The molecule has 0 amide bonds. The van der Waals surface area contributed by atoms with Gasteiger partial charge in [0.1, 0.15) is 17.3 Å². The SMILES string of the molecule is Cc1ccc(Oc2cc(F)ccc2C)c(N)c1. The highest BCUT2D eigenvalue weighted by Crippen LogP contribution is 2.30. The third-order valence-corrected chi connectivity index (χ3v) is 2.54. The average molecular weight is 231 g/mol. The van der Waals surface area contributed by atoms with Crippen LogP contribution in [0.3, 0.4) is 0 Å². The van der Waals surface area contributed by atoms with Crippen molar-refractivity contribution in [1.29, 1.82) is 0 Å². The van der Waals surface area contributed by atoms with Crippen molar-refractivity contribution in [3.63, 3.8) is 0 Å². The molecule has 2 rings (SSSR count). The summed E-state index contributed by atoms with van der Waals surface area (Å²) in [5, 5.41) is 0. The summed E-state index contributed by atoms with van der Waals surface area (Å²) in [5.41, 5.74) is 8.32. The van der Waals surface area contributed by atoms with Gasteiger partial charge >= 0.3 is 0 Å². The normalized spacial score (nSPS) is 10.3. The largest absolute Gasteiger partial charge is 0.455 e. The molecule has 2 N–H and O–H groups in total. The Bertz CT molecular complexity index is 552. The Labute approximate surface area is 99.8 Å². The molecule has 2 aromatic carbocycles. The molecule has 0 saturated carbocycles. The van der Waals surface area contributed by atoms with Gasteiger partial charge in [-0.05, 0) is 43.2 Å². The van der Waals surface area contributed by atoms with Gasteiger partial charge in [0.15, 0.2) is 0 Å². The zero-order valence-corrected chi connectivity index (χ0v) is 9.83. The van der Waals surface area contributed by atoms with Crippen LogP contribution in [0.4, 0.5) is 10.1 Å². The highest BCUT2D eigenvalue weighted by atomic mass is 19.1. The van der Waals surface area contributed by atoms with Crippen molar-refractivity contribution in [2.24, 2.45) is 0 Å². The van der Waals surface area contributed by atoms with E-state index >= 15 is 0 Å². The molecule has 0 spiro atoms. The van der Waals surface area contributed by atoms with E-state index in [2.05, 4.69) is 0 Å². The maximum atomic E-state index is 13.1. The number of anilines is 1. The van der Waals surface area contributed by atoms with Gasteiger partial charge in [0.25, 0.3) is 0 Å². The van der Waals surface area contributed by atoms with Crippen LogP contribution in [0.5, 0.6) is 11.5 Å². The Morgan fingerprint density at radius 2 is 1.76 bits per heavy atom. The van der Waals surface area contributed by atoms with Crippen LogP contribution in [0, 0.1) is 19.7 Å². The highest BCUT2D eigenvalue weighted by Gasteiger charge is 2.06. The first kappa shape index (κ1) is 11.5. The van der Waals surface area contributed by atoms with Gasteiger partial charge in [-0.15, -0.1) is 0 Å². The van der Waals surface area contributed by atoms with E-state index in [1.807, 2.05) is 26.0 Å². The van der Waals surface area contributed by atoms with Gasteiger partial charge < -0.3 is 10.5 Å². The fourth-order valence-corrected chi connectivity index (χ4v) is 1.56. The zero-order valence-electron chi connectivity index (χ0n) is 9.83. The Morgan fingerprint density at radius 3 is 2.47 bits per heavy atom. The van der Waals surface area contributed by atoms with Crippen LogP contribution in [-0.4, -0.2) is 0 Å². The number of nitrogen functional groups attached to an aromatic ring is 1. The first-order chi connectivity index (χ1) is 8.06. The average Bonchev–Trinajstić information content (AvgIpc) is 2.27. The smallest absolute Gasteiger partial charge is 0.150 e. The fraction of sp³-hybridized carbons (Fsp3) is 0.143. The predicted molar refractivity (Wildman–Crippen MR) is 66.8 cm³/mol. The van der Waals surface area contributed by atoms with Crippen molar-refractivity contribution in [2.45, 2.75) is 13.8 Å². The number of aryl methyl sites for hydroxylation is 2. The van der Waals surface area contributed by atoms with Crippen LogP contribution in [0.2, 0.25) is 0 Å². The molecule has 0 aromatic heterocycles. The number of rotatable bonds is 2. The number of benzene rings is 2. The maximum Gasteiger partial charge on any atom is 0.150 e. The molecule has 0 aliphatic rings. The molecule has 2 aromatic rings. The maximum absolute atomic E-state index is 13.1. The lowest BCUT2D eigenvalue weighted by molar-refractivity contribution is 0.475. The topological polar surface area (TPSA) is 35.2 Å². The summed E-state index contributed by atoms with van der Waals surface area (Å²) < 4.78 is 18.7. The molecule has 88 valence electrons. The van der Waals surface area contributed by atoms with Crippen LogP contribution in [0.15, 0.2) is 36.4 Å². The van der Waals surface area contributed by atoms with Crippen LogP contribution >= 0.6 is 0 Å². The molecule has 0 heterocycles. The van der Waals surface area contributed by atoms with Crippen molar-refractivity contribution < 1.29 is 9.13 Å². The molecule has 0 atom stereocenters. The summed E-state index contributed by atoms with van der Waals surface area (Å²) in [4.78, 5) is 0. The molecular weight excluding hydrogens is 217 g/mol. The number of nitrogens with two attached hydrogens (primary N) is 1. The Balaban J connectivity index is 2.34. The molecule has 0 aliphatic heterocycles. The molecule has 0 aliphatic carbocycles. The molecular formula is C14H14FNO. The third kappa shape index (κ3) is 2.56. The van der Waals surface area contributed by atoms with E-state index in [1.54, 1.807) is 12.1 Å². The molecule has 2 nitrogen and oxygen atoms in total. The van der Waals surface area contributed by atoms with Gasteiger partial charge in [-0.3, -0.25) is 0 Å². The minimum absolute atomic E-state index is 0.323. The van der Waals surface area contributed by atoms with Crippen LogP contribution in [-0.2, 0) is 0 Å². The summed E-state index contributed by atoms with van der Waals surface area (Å²) in [6.07, 6.45) is 0. The molecule has 0 fully saturated rings. The first-order valence-corrected chi connectivity index (χ1v) is 5.36. The van der Waals surface area contributed by atoms with Crippen molar-refractivity contribution in [2.75, 3.05) is 5.73 Å². The summed E-state index contributed by atoms with van der Waals surface area (Å²) in [7, 11) is 0. The first-order valence-electron chi connectivity index (χ1n) is 5.36. The van der Waals surface area contributed by atoms with Crippen molar-refractivity contribution >= 4 is 5.69 Å². The van der Waals surface area contributed by atoms with Crippen molar-refractivity contribution in [3.8, 4) is 11.5 Å². The zero-order chi connectivity index (χ0) is 12.4. The van der Waals surface area contributed by atoms with Crippen LogP contribution in [0.1, 0.15) is 11.1 Å². The molecule has 3 heteroatoms. The van der Waals surface area contributed by atoms with E-state index in [0.29, 0.717) is 17.2 Å². The highest BCUT2D eigenvalue weighted by molar-refractivity contribution is 5.56. The summed E-state index contributed by atoms with van der Waals surface area (Å²) in [6, 6.07) is 9.95. The van der Waals surface area contributed by atoms with E-state index in [0.717, 1.165) is 11.1 Å². The van der Waals surface area contributed by atoms with E-state index < -0.39 is 0 Å². The van der Waals surface area contributed by atoms with E-state index in [9.17, 15) is 4.39 Å². The third-order valence-electron chi connectivity index (χ3n) is 2.54. The number of hydrogen-bond acceptors (Lipinski definition) is 2. The lowest BCUT2D eigenvalue weighted by Gasteiger charge is -2.11. The molecule has 0 unspecified atom stereocenters. The number of halogens is 1. The predicted octanol–water partition coefficient (Wildman–Crippen LogP) is 3.82. The van der Waals surface area contributed by atoms with Gasteiger partial charge in [-0.1, -0.05) is 12.1 Å². The van der Waals surface area contributed by atoms with Gasteiger partial charge in [-0.2, -0.15) is 0 Å². The second-order valence-electron chi connectivity index (χ2n) is 4.05. The standard InChI is InChI=1S/C14H14FNO/c1-9-3-6-13(12(16)7-9)17-14-8-11(15)5-4-10(14)2/h3-8H,16H2,1-2H3. The fourth-order valence-electron chi connectivity index (χ4n) is 1.56. The van der Waals surface area contributed by atoms with E-state index in [4.69, 9.17) is 10.5 Å². The molecule has 0 radical (unpaired) electrons. The summed E-state index contributed by atoms with van der Waals surface area (Å²) in [6.45, 7) is 3.81. The summed E-state index contributed by atoms with van der Waals surface area (Å²) >= 11 is 0. The van der Waals surface area contributed by atoms with E-state index in [-0.39, 0.29) is 5.82 Å². The van der Waals surface area contributed by atoms with Gasteiger partial charge in [0.2, 0.25) is 0 Å². The van der Waals surface area contributed by atoms with Gasteiger partial charge in [-0.25, -0.2) is 4.39 Å². The van der Waals surface area contributed by atoms with Gasteiger partial charge in [0.05, 0.1) is 5.69 Å². The lowest BCUT2D eigenvalue weighted by Crippen LogP contribution is -1.94. The van der Waals surface area contributed by atoms with Gasteiger partial charge in [0, 0.05) is 6.07 Å². The second-order valence-corrected chi connectivity index (χ2v) is 4.05. The Hall–Kier alpha value is -2.03. The minimum Gasteiger partial charge on any atom is -0.455 e. The second kappa shape index (κ2) is 4.45. The Morgan fingerprint density at radius 1 is 1.00 bits per heavy atom. The van der Waals surface area contributed by atoms with Crippen molar-refractivity contribution in [1.82, 2.24) is 0 Å².